The van der Waals surface area contributed by atoms with Gasteiger partial charge in [0.15, 0.2) is 17.3 Å². The monoisotopic (exact) mass is 466 g/mol. The van der Waals surface area contributed by atoms with E-state index in [-0.39, 0.29) is 11.7 Å². The highest BCUT2D eigenvalue weighted by Crippen LogP contribution is 2.34. The van der Waals surface area contributed by atoms with Crippen LogP contribution in [-0.4, -0.2) is 62.6 Å². The highest BCUT2D eigenvalue weighted by molar-refractivity contribution is 5.83. The number of hydrogen-bond donors (Lipinski definition) is 1. The van der Waals surface area contributed by atoms with Crippen LogP contribution < -0.4 is 15.0 Å². The summed E-state index contributed by atoms with van der Waals surface area (Å²) in [6, 6.07) is 6.10. The molecule has 3 aliphatic rings. The second kappa shape index (κ2) is 9.34. The van der Waals surface area contributed by atoms with Gasteiger partial charge >= 0.3 is 0 Å². The van der Waals surface area contributed by atoms with Gasteiger partial charge < -0.3 is 19.2 Å². The second-order valence-corrected chi connectivity index (χ2v) is 9.49. The number of nitrogens with one attached hydrogen (secondary N) is 1. The van der Waals surface area contributed by atoms with E-state index in [9.17, 15) is 4.79 Å². The molecule has 34 heavy (non-hydrogen) atoms. The normalized spacial score (nSPS) is 20.6. The highest BCUT2D eigenvalue weighted by Gasteiger charge is 2.25. The Hall–Kier alpha value is -2.98. The summed E-state index contributed by atoms with van der Waals surface area (Å²) in [7, 11) is 0. The Kier molecular flexibility index (Phi) is 5.92. The minimum absolute atomic E-state index is 0.100. The van der Waals surface area contributed by atoms with E-state index in [0.717, 1.165) is 55.6 Å². The van der Waals surface area contributed by atoms with E-state index < -0.39 is 0 Å². The minimum atomic E-state index is -0.100. The average molecular weight is 467 g/mol. The first kappa shape index (κ1) is 21.5. The molecule has 0 spiro atoms. The van der Waals surface area contributed by atoms with E-state index in [0.29, 0.717) is 49.4 Å². The van der Waals surface area contributed by atoms with Gasteiger partial charge in [0, 0.05) is 36.7 Å². The van der Waals surface area contributed by atoms with Gasteiger partial charge in [0.2, 0.25) is 0 Å². The molecule has 1 N–H and O–H groups in total. The molecule has 4 heterocycles. The van der Waals surface area contributed by atoms with Gasteiger partial charge in [0.05, 0.1) is 24.2 Å². The maximum atomic E-state index is 13.0. The molecular weight excluding hydrogens is 436 g/mol. The molecule has 1 aromatic carbocycles. The molecule has 1 atom stereocenters. The number of fused-ring (bicyclic) bond motifs is 2. The van der Waals surface area contributed by atoms with Crippen molar-refractivity contribution in [1.29, 1.82) is 0 Å². The molecule has 0 radical (unpaired) electrons. The number of H-pyrrole nitrogens is 1. The standard InChI is InChI=1S/C24H30N6O4/c31-24-17(10-16-11-21-22(12-20(16)25-24)34-9-8-33-21)13-29(14-19-6-3-7-32-19)15-23-26-27-28-30(23)18-4-1-2-5-18/h10-12,18-19H,1-9,13-15H2,(H,25,31)/t19-/m0/s1. The quantitative estimate of drug-likeness (QED) is 0.566. The lowest BCUT2D eigenvalue weighted by Crippen LogP contribution is -2.34. The fourth-order valence-electron chi connectivity index (χ4n) is 5.36. The molecule has 1 saturated heterocycles. The largest absolute Gasteiger partial charge is 0.486 e. The van der Waals surface area contributed by atoms with Gasteiger partial charge in [-0.15, -0.1) is 5.10 Å². The molecule has 6 rings (SSSR count). The van der Waals surface area contributed by atoms with Crippen LogP contribution in [0.5, 0.6) is 11.5 Å². The third-order valence-corrected chi connectivity index (χ3v) is 7.06. The van der Waals surface area contributed by atoms with E-state index in [1.807, 2.05) is 22.9 Å². The Morgan fingerprint density at radius 1 is 1.00 bits per heavy atom. The molecule has 180 valence electrons. The van der Waals surface area contributed by atoms with Crippen LogP contribution in [0.3, 0.4) is 0 Å². The van der Waals surface area contributed by atoms with Crippen LogP contribution in [0, 0.1) is 0 Å². The smallest absolute Gasteiger partial charge is 0.252 e. The molecule has 0 unspecified atom stereocenters. The lowest BCUT2D eigenvalue weighted by Gasteiger charge is -2.25. The Bertz CT molecular complexity index is 1210. The first-order chi connectivity index (χ1) is 16.7. The Morgan fingerprint density at radius 3 is 2.62 bits per heavy atom. The number of aromatic amines is 1. The first-order valence-electron chi connectivity index (χ1n) is 12.3. The summed E-state index contributed by atoms with van der Waals surface area (Å²) in [4.78, 5) is 18.3. The van der Waals surface area contributed by atoms with Gasteiger partial charge in [-0.3, -0.25) is 9.69 Å². The van der Waals surface area contributed by atoms with Crippen molar-refractivity contribution in [2.24, 2.45) is 0 Å². The molecule has 0 amide bonds. The number of pyridine rings is 1. The van der Waals surface area contributed by atoms with Gasteiger partial charge in [-0.25, -0.2) is 4.68 Å². The number of aromatic nitrogens is 5. The van der Waals surface area contributed by atoms with Crippen molar-refractivity contribution in [3.63, 3.8) is 0 Å². The van der Waals surface area contributed by atoms with Gasteiger partial charge in [0.25, 0.3) is 5.56 Å². The number of benzene rings is 1. The third-order valence-electron chi connectivity index (χ3n) is 7.06. The predicted molar refractivity (Wildman–Crippen MR) is 124 cm³/mol. The van der Waals surface area contributed by atoms with Gasteiger partial charge in [-0.1, -0.05) is 12.8 Å². The lowest BCUT2D eigenvalue weighted by atomic mass is 10.1. The van der Waals surface area contributed by atoms with Crippen LogP contribution in [0.25, 0.3) is 10.9 Å². The number of nitrogens with zero attached hydrogens (tertiary/aromatic N) is 5. The summed E-state index contributed by atoms with van der Waals surface area (Å²) < 4.78 is 19.3. The predicted octanol–water partition coefficient (Wildman–Crippen LogP) is 2.58. The summed E-state index contributed by atoms with van der Waals surface area (Å²) in [6.07, 6.45) is 6.93. The van der Waals surface area contributed by atoms with Crippen LogP contribution in [0.15, 0.2) is 23.0 Å². The van der Waals surface area contributed by atoms with Crippen molar-refractivity contribution in [2.45, 2.75) is 63.8 Å². The topological polar surface area (TPSA) is 107 Å². The fraction of sp³-hybridized carbons (Fsp3) is 0.583. The molecule has 2 aliphatic heterocycles. The van der Waals surface area contributed by atoms with E-state index in [1.54, 1.807) is 0 Å². The molecule has 1 saturated carbocycles. The van der Waals surface area contributed by atoms with Crippen molar-refractivity contribution in [1.82, 2.24) is 30.1 Å². The first-order valence-corrected chi connectivity index (χ1v) is 12.3. The van der Waals surface area contributed by atoms with E-state index >= 15 is 0 Å². The van der Waals surface area contributed by atoms with E-state index in [2.05, 4.69) is 25.4 Å². The van der Waals surface area contributed by atoms with Gasteiger partial charge in [0.1, 0.15) is 13.2 Å². The molecule has 2 fully saturated rings. The van der Waals surface area contributed by atoms with Crippen molar-refractivity contribution >= 4 is 10.9 Å². The number of tetrazole rings is 1. The summed E-state index contributed by atoms with van der Waals surface area (Å²) >= 11 is 0. The van der Waals surface area contributed by atoms with Gasteiger partial charge in [-0.05, 0) is 48.2 Å². The van der Waals surface area contributed by atoms with Crippen LogP contribution in [0.1, 0.15) is 56.0 Å². The third kappa shape index (κ3) is 4.39. The summed E-state index contributed by atoms with van der Waals surface area (Å²) in [6.45, 7) is 3.62. The van der Waals surface area contributed by atoms with Crippen molar-refractivity contribution in [3.8, 4) is 11.5 Å². The lowest BCUT2D eigenvalue weighted by molar-refractivity contribution is 0.0661. The van der Waals surface area contributed by atoms with E-state index in [4.69, 9.17) is 14.2 Å². The summed E-state index contributed by atoms with van der Waals surface area (Å²) in [5, 5.41) is 13.5. The number of ether oxygens (including phenoxy) is 3. The zero-order valence-electron chi connectivity index (χ0n) is 19.2. The van der Waals surface area contributed by atoms with Gasteiger partial charge in [-0.2, -0.15) is 0 Å². The maximum absolute atomic E-state index is 13.0. The van der Waals surface area contributed by atoms with Crippen LogP contribution >= 0.6 is 0 Å². The Labute approximate surface area is 197 Å². The number of rotatable bonds is 7. The molecular formula is C24H30N6O4. The SMILES string of the molecule is O=c1[nH]c2cc3c(cc2cc1CN(Cc1nnnn1C1CCCC1)C[C@@H]1CCCO1)OCCO3. The molecule has 3 aromatic rings. The van der Waals surface area contributed by atoms with Crippen LogP contribution in [-0.2, 0) is 17.8 Å². The van der Waals surface area contributed by atoms with Crippen molar-refractivity contribution in [3.05, 3.63) is 39.9 Å². The zero-order valence-corrected chi connectivity index (χ0v) is 19.2. The highest BCUT2D eigenvalue weighted by atomic mass is 16.6. The molecule has 2 aromatic heterocycles. The summed E-state index contributed by atoms with van der Waals surface area (Å²) in [5.41, 5.74) is 1.34. The van der Waals surface area contributed by atoms with Crippen molar-refractivity contribution < 1.29 is 14.2 Å². The fourth-order valence-corrected chi connectivity index (χ4v) is 5.36. The molecule has 10 nitrogen and oxygen atoms in total. The maximum Gasteiger partial charge on any atom is 0.252 e. The number of hydrogen-bond acceptors (Lipinski definition) is 8. The van der Waals surface area contributed by atoms with Crippen LogP contribution in [0.4, 0.5) is 0 Å². The second-order valence-electron chi connectivity index (χ2n) is 9.49. The zero-order chi connectivity index (χ0) is 22.9. The van der Waals surface area contributed by atoms with Crippen LogP contribution in [0.2, 0.25) is 0 Å². The average Bonchev–Trinajstić information content (AvgIpc) is 3.61. The molecule has 1 aliphatic carbocycles. The Balaban J connectivity index is 1.28. The molecule has 0 bridgehead atoms. The molecule has 10 heteroatoms. The minimum Gasteiger partial charge on any atom is -0.486 e. The van der Waals surface area contributed by atoms with E-state index in [1.165, 1.54) is 12.8 Å². The Morgan fingerprint density at radius 2 is 1.82 bits per heavy atom. The van der Waals surface area contributed by atoms with Crippen molar-refractivity contribution in [2.75, 3.05) is 26.4 Å². The summed E-state index contributed by atoms with van der Waals surface area (Å²) in [5.74, 6) is 2.23.